The van der Waals surface area contributed by atoms with Gasteiger partial charge in [0.25, 0.3) is 20.0 Å². The largest absolute Gasteiger partial charge is 0.462 e. The Bertz CT molecular complexity index is 3010. The second-order valence-electron chi connectivity index (χ2n) is 16.6. The van der Waals surface area contributed by atoms with E-state index in [1.165, 1.54) is 72.8 Å². The number of hydrogen-bond acceptors (Lipinski definition) is 14. The number of sulfonamides is 2. The Balaban J connectivity index is 1.38. The fourth-order valence-corrected chi connectivity index (χ4v) is 9.67. The molecule has 0 bridgehead atoms. The highest BCUT2D eigenvalue weighted by Gasteiger charge is 2.41. The highest BCUT2D eigenvalue weighted by Crippen LogP contribution is 2.48. The Hall–Kier alpha value is -7.70. The summed E-state index contributed by atoms with van der Waals surface area (Å²) >= 11 is 0. The minimum Gasteiger partial charge on any atom is -0.462 e. The number of benzene rings is 6. The molecule has 7 rings (SSSR count). The second-order valence-corrected chi connectivity index (χ2v) is 20.0. The molecule has 0 aromatic heterocycles. The maximum absolute atomic E-state index is 15.2. The quantitative estimate of drug-likeness (QED) is 0.0315. The number of ether oxygens (including phenoxy) is 4. The van der Waals surface area contributed by atoms with Gasteiger partial charge in [-0.2, -0.15) is 0 Å². The summed E-state index contributed by atoms with van der Waals surface area (Å²) in [6.45, 7) is 7.96. The summed E-state index contributed by atoms with van der Waals surface area (Å²) in [4.78, 5) is 56.0. The molecule has 6 N–H and O–H groups in total. The van der Waals surface area contributed by atoms with Gasteiger partial charge in [0.05, 0.1) is 79.1 Å². The van der Waals surface area contributed by atoms with Crippen LogP contribution in [-0.2, 0) is 29.5 Å². The average molecular weight is 989 g/mol. The van der Waals surface area contributed by atoms with Crippen LogP contribution in [0.4, 0.5) is 22.7 Å². The Labute approximate surface area is 406 Å². The van der Waals surface area contributed by atoms with Crippen molar-refractivity contribution in [3.05, 3.63) is 154 Å². The van der Waals surface area contributed by atoms with Crippen molar-refractivity contribution < 1.29 is 55.0 Å². The first kappa shape index (κ1) is 50.2. The number of rotatable bonds is 20. The van der Waals surface area contributed by atoms with E-state index in [4.69, 9.17) is 30.4 Å². The van der Waals surface area contributed by atoms with E-state index >= 15 is 9.59 Å². The lowest BCUT2D eigenvalue weighted by Crippen LogP contribution is -2.28. The fraction of sp³-hybridized carbons (Fsp3) is 0.231. The lowest BCUT2D eigenvalue weighted by molar-refractivity contribution is 0.0488. The van der Waals surface area contributed by atoms with Crippen molar-refractivity contribution >= 4 is 66.3 Å². The minimum atomic E-state index is -4.52. The number of esters is 2. The van der Waals surface area contributed by atoms with E-state index < -0.39 is 88.6 Å². The molecular weight excluding hydrogens is 937 g/mol. The van der Waals surface area contributed by atoms with E-state index in [9.17, 15) is 26.4 Å². The van der Waals surface area contributed by atoms with Crippen molar-refractivity contribution in [2.24, 2.45) is 0 Å². The second kappa shape index (κ2) is 21.3. The van der Waals surface area contributed by atoms with Gasteiger partial charge >= 0.3 is 11.9 Å². The number of carbonyl (C=O) groups excluding carboxylic acids is 4. The summed E-state index contributed by atoms with van der Waals surface area (Å²) < 4.78 is 84.5. The van der Waals surface area contributed by atoms with E-state index in [1.54, 1.807) is 38.1 Å². The van der Waals surface area contributed by atoms with Crippen LogP contribution in [0.25, 0.3) is 0 Å². The fourth-order valence-electron chi connectivity index (χ4n) is 7.54. The van der Waals surface area contributed by atoms with Gasteiger partial charge in [0, 0.05) is 12.1 Å². The number of hydrogen-bond donors (Lipinski definition) is 4. The summed E-state index contributed by atoms with van der Waals surface area (Å²) in [5, 5.41) is 0. The third-order valence-electron chi connectivity index (χ3n) is 11.3. The molecule has 1 aliphatic carbocycles. The first-order valence-electron chi connectivity index (χ1n) is 22.5. The van der Waals surface area contributed by atoms with Crippen molar-refractivity contribution in [1.82, 2.24) is 0 Å². The topological polar surface area (TPSA) is 250 Å². The van der Waals surface area contributed by atoms with E-state index in [0.29, 0.717) is 12.8 Å². The van der Waals surface area contributed by atoms with Crippen molar-refractivity contribution in [3.63, 3.8) is 0 Å². The third-order valence-corrected chi connectivity index (χ3v) is 14.0. The molecular formula is C52H52N4O12S2. The van der Waals surface area contributed by atoms with Crippen LogP contribution in [0.2, 0.25) is 0 Å². The molecule has 364 valence electrons. The maximum Gasteiger partial charge on any atom is 0.338 e. The number of nitrogens with two attached hydrogens (primary N) is 2. The Morgan fingerprint density at radius 2 is 0.886 bits per heavy atom. The van der Waals surface area contributed by atoms with E-state index in [1.807, 2.05) is 13.8 Å². The van der Waals surface area contributed by atoms with Crippen molar-refractivity contribution in [3.8, 4) is 23.0 Å². The molecule has 6 aromatic carbocycles. The van der Waals surface area contributed by atoms with Gasteiger partial charge in [-0.3, -0.25) is 19.0 Å². The minimum absolute atomic E-state index is 0.0309. The lowest BCUT2D eigenvalue weighted by atomic mass is 9.80. The molecule has 70 heavy (non-hydrogen) atoms. The SMILES string of the molecule is CCCCCOC(=O)c1cccc(Oc2cc(NS(=O)(=O)c3ccc(C)cc3)c3c(c2N)C(=O)c2c(NS(=O)(=O)c4ccc(C)cc4)cc(Oc4cccc(C(=O)OCCCCC)c4)c(N)c2C3=O)c1. The number of nitrogens with one attached hydrogen (secondary N) is 2. The number of anilines is 4. The van der Waals surface area contributed by atoms with Crippen LogP contribution >= 0.6 is 0 Å². The first-order chi connectivity index (χ1) is 33.4. The Morgan fingerprint density at radius 1 is 0.514 bits per heavy atom. The molecule has 0 atom stereocenters. The summed E-state index contributed by atoms with van der Waals surface area (Å²) in [6.07, 6.45) is 4.92. The van der Waals surface area contributed by atoms with Gasteiger partial charge in [-0.15, -0.1) is 0 Å². The van der Waals surface area contributed by atoms with E-state index in [0.717, 1.165) is 48.9 Å². The van der Waals surface area contributed by atoms with Gasteiger partial charge in [0.15, 0.2) is 23.1 Å². The number of aryl methyl sites for hydroxylation is 2. The number of fused-ring (bicyclic) bond motifs is 2. The summed E-state index contributed by atoms with van der Waals surface area (Å²) in [7, 11) is -9.03. The van der Waals surface area contributed by atoms with Gasteiger partial charge in [-0.1, -0.05) is 87.1 Å². The van der Waals surface area contributed by atoms with Gasteiger partial charge in [0.2, 0.25) is 0 Å². The molecule has 0 heterocycles. The lowest BCUT2D eigenvalue weighted by Gasteiger charge is -2.27. The molecule has 0 saturated carbocycles. The molecule has 0 aliphatic heterocycles. The van der Waals surface area contributed by atoms with Crippen LogP contribution in [0.3, 0.4) is 0 Å². The molecule has 16 nitrogen and oxygen atoms in total. The summed E-state index contributed by atoms with van der Waals surface area (Å²) in [6, 6.07) is 25.7. The number of nitrogen functional groups attached to an aromatic ring is 2. The normalized spacial score (nSPS) is 12.1. The molecule has 0 fully saturated rings. The highest BCUT2D eigenvalue weighted by atomic mass is 32.2. The molecule has 0 spiro atoms. The first-order valence-corrected chi connectivity index (χ1v) is 25.5. The summed E-state index contributed by atoms with van der Waals surface area (Å²) in [5.74, 6) is -3.89. The molecule has 0 radical (unpaired) electrons. The maximum atomic E-state index is 15.2. The number of ketones is 2. The van der Waals surface area contributed by atoms with Crippen LogP contribution in [0.1, 0.15) is 116 Å². The molecule has 0 amide bonds. The zero-order valence-electron chi connectivity index (χ0n) is 38.9. The van der Waals surface area contributed by atoms with E-state index in [2.05, 4.69) is 9.44 Å². The van der Waals surface area contributed by atoms with Gasteiger partial charge in [0.1, 0.15) is 11.5 Å². The standard InChI is InChI=1S/C52H52N4O12S2/c1-5-7-9-25-65-51(59)33-13-11-15-35(27-33)67-41-29-39(55-69(61,62)37-21-17-31(3)18-22-37)43-45(47(41)53)49(57)44-40(56-70(63,64)38-23-19-32(4)20-24-38)30-42(48(54)46(44)50(43)58)68-36-16-12-14-34(28-36)52(60)66-26-10-8-6-2/h11-24,27-30,55-56H,5-10,25-26,53-54H2,1-4H3. The predicted octanol–water partition coefficient (Wildman–Crippen LogP) is 10.1. The van der Waals surface area contributed by atoms with Crippen LogP contribution < -0.4 is 30.4 Å². The van der Waals surface area contributed by atoms with E-state index in [-0.39, 0.29) is 57.1 Å². The molecule has 1 aliphatic rings. The predicted molar refractivity (Wildman–Crippen MR) is 265 cm³/mol. The number of carbonyl (C=O) groups is 4. The zero-order chi connectivity index (χ0) is 50.3. The van der Waals surface area contributed by atoms with Crippen LogP contribution in [-0.4, -0.2) is 53.6 Å². The van der Waals surface area contributed by atoms with Gasteiger partial charge in [-0.25, -0.2) is 26.4 Å². The highest BCUT2D eigenvalue weighted by molar-refractivity contribution is 7.93. The summed E-state index contributed by atoms with van der Waals surface area (Å²) in [5.41, 5.74) is 11.3. The molecule has 6 aromatic rings. The van der Waals surface area contributed by atoms with Crippen LogP contribution in [0.15, 0.2) is 119 Å². The zero-order valence-corrected chi connectivity index (χ0v) is 40.6. The van der Waals surface area contributed by atoms with Crippen molar-refractivity contribution in [1.29, 1.82) is 0 Å². The molecule has 18 heteroatoms. The smallest absolute Gasteiger partial charge is 0.338 e. The van der Waals surface area contributed by atoms with Crippen molar-refractivity contribution in [2.45, 2.75) is 76.0 Å². The average Bonchev–Trinajstić information content (AvgIpc) is 3.33. The van der Waals surface area contributed by atoms with Crippen LogP contribution in [0.5, 0.6) is 23.0 Å². The van der Waals surface area contributed by atoms with Gasteiger partial charge in [-0.05, 0) is 87.4 Å². The Morgan fingerprint density at radius 3 is 1.24 bits per heavy atom. The monoisotopic (exact) mass is 988 g/mol. The molecule has 0 unspecified atom stereocenters. The van der Waals surface area contributed by atoms with Crippen LogP contribution in [0, 0.1) is 13.8 Å². The van der Waals surface area contributed by atoms with Gasteiger partial charge < -0.3 is 30.4 Å². The Kier molecular flexibility index (Phi) is 15.3. The van der Waals surface area contributed by atoms with Crippen molar-refractivity contribution in [2.75, 3.05) is 34.1 Å². The molecule has 0 saturated heterocycles. The third kappa shape index (κ3) is 11.1. The number of unbranched alkanes of at least 4 members (excludes halogenated alkanes) is 4.